The van der Waals surface area contributed by atoms with Gasteiger partial charge in [-0.25, -0.2) is 4.79 Å². The van der Waals surface area contributed by atoms with Gasteiger partial charge in [-0.2, -0.15) is 0 Å². The molecule has 0 saturated heterocycles. The minimum atomic E-state index is -1.30. The first-order valence-corrected chi connectivity index (χ1v) is 6.35. The molecule has 2 aromatic carbocycles. The molecule has 2 N–H and O–H groups in total. The summed E-state index contributed by atoms with van der Waals surface area (Å²) >= 11 is 5.71. The lowest BCUT2D eigenvalue weighted by Crippen LogP contribution is -2.15. The van der Waals surface area contributed by atoms with Crippen LogP contribution >= 0.6 is 11.6 Å². The summed E-state index contributed by atoms with van der Waals surface area (Å²) in [4.78, 5) is 33.3. The Kier molecular flexibility index (Phi) is 4.38. The Balaban J connectivity index is 2.36. The second-order valence-corrected chi connectivity index (χ2v) is 4.69. The Hall–Kier alpha value is -2.93. The van der Waals surface area contributed by atoms with Crippen LogP contribution in [0.2, 0.25) is 5.02 Å². The Labute approximate surface area is 129 Å². The van der Waals surface area contributed by atoms with Gasteiger partial charge in [-0.05, 0) is 30.3 Å². The van der Waals surface area contributed by atoms with Gasteiger partial charge in [0.2, 0.25) is 0 Å². The molecule has 0 aliphatic carbocycles. The molecule has 0 bridgehead atoms. The van der Waals surface area contributed by atoms with Crippen molar-refractivity contribution in [2.24, 2.45) is 0 Å². The molecule has 2 rings (SSSR count). The molecule has 0 saturated carbocycles. The number of carbonyl (C=O) groups excluding carboxylic acids is 1. The molecule has 0 spiro atoms. The zero-order chi connectivity index (χ0) is 16.3. The summed E-state index contributed by atoms with van der Waals surface area (Å²) in [5.74, 6) is -1.90. The van der Waals surface area contributed by atoms with E-state index in [9.17, 15) is 19.7 Å². The summed E-state index contributed by atoms with van der Waals surface area (Å²) in [5, 5.41) is 22.6. The van der Waals surface area contributed by atoms with Crippen molar-refractivity contribution >= 4 is 34.9 Å². The van der Waals surface area contributed by atoms with E-state index in [-0.39, 0.29) is 22.5 Å². The number of nitrogens with zero attached hydrogens (tertiary/aromatic N) is 1. The number of rotatable bonds is 4. The number of carboxylic acids is 1. The lowest BCUT2D eigenvalue weighted by Gasteiger charge is -2.08. The topological polar surface area (TPSA) is 110 Å². The number of halogens is 1. The number of hydrogen-bond donors (Lipinski definition) is 2. The lowest BCUT2D eigenvalue weighted by atomic mass is 10.1. The third kappa shape index (κ3) is 3.39. The number of benzene rings is 2. The standard InChI is InChI=1S/C14H9ClN2O5/c15-9-3-1-8(2-4-9)13(18)16-12-7-10(17(21)22)5-6-11(12)14(19)20/h1-7H,(H,16,18)(H,19,20). The molecule has 0 aromatic heterocycles. The summed E-state index contributed by atoms with van der Waals surface area (Å²) < 4.78 is 0. The van der Waals surface area contributed by atoms with Gasteiger partial charge in [0, 0.05) is 22.7 Å². The molecule has 0 radical (unpaired) electrons. The van der Waals surface area contributed by atoms with Crippen LogP contribution in [-0.4, -0.2) is 21.9 Å². The normalized spacial score (nSPS) is 10.0. The van der Waals surface area contributed by atoms with Gasteiger partial charge in [0.1, 0.15) is 0 Å². The lowest BCUT2D eigenvalue weighted by molar-refractivity contribution is -0.384. The maximum atomic E-state index is 12.1. The van der Waals surface area contributed by atoms with E-state index in [0.717, 1.165) is 18.2 Å². The van der Waals surface area contributed by atoms with Gasteiger partial charge in [-0.1, -0.05) is 11.6 Å². The van der Waals surface area contributed by atoms with Crippen molar-refractivity contribution in [3.05, 3.63) is 68.7 Å². The van der Waals surface area contributed by atoms with E-state index in [2.05, 4.69) is 5.32 Å². The first-order valence-electron chi connectivity index (χ1n) is 5.97. The molecule has 0 atom stereocenters. The second-order valence-electron chi connectivity index (χ2n) is 4.25. The van der Waals surface area contributed by atoms with Crippen molar-refractivity contribution in [1.82, 2.24) is 0 Å². The van der Waals surface area contributed by atoms with E-state index in [4.69, 9.17) is 16.7 Å². The highest BCUT2D eigenvalue weighted by Crippen LogP contribution is 2.23. The molecular formula is C14H9ClN2O5. The van der Waals surface area contributed by atoms with E-state index >= 15 is 0 Å². The number of hydrogen-bond acceptors (Lipinski definition) is 4. The number of amides is 1. The van der Waals surface area contributed by atoms with E-state index in [1.54, 1.807) is 0 Å². The average molecular weight is 321 g/mol. The van der Waals surface area contributed by atoms with Crippen LogP contribution in [0.3, 0.4) is 0 Å². The summed E-state index contributed by atoms with van der Waals surface area (Å²) in [6, 6.07) is 9.03. The van der Waals surface area contributed by atoms with Crippen molar-refractivity contribution in [3.63, 3.8) is 0 Å². The van der Waals surface area contributed by atoms with Crippen molar-refractivity contribution in [3.8, 4) is 0 Å². The van der Waals surface area contributed by atoms with Crippen molar-refractivity contribution in [1.29, 1.82) is 0 Å². The minimum absolute atomic E-state index is 0.151. The zero-order valence-corrected chi connectivity index (χ0v) is 11.7. The highest BCUT2D eigenvalue weighted by atomic mass is 35.5. The summed E-state index contributed by atoms with van der Waals surface area (Å²) in [6.45, 7) is 0. The molecule has 8 heteroatoms. The summed E-state index contributed by atoms with van der Waals surface area (Å²) in [5.41, 5.74) is -0.474. The van der Waals surface area contributed by atoms with Crippen molar-refractivity contribution < 1.29 is 19.6 Å². The zero-order valence-electron chi connectivity index (χ0n) is 10.9. The van der Waals surface area contributed by atoms with Gasteiger partial charge in [0.25, 0.3) is 11.6 Å². The third-order valence-corrected chi connectivity index (χ3v) is 3.05. The molecule has 0 aliphatic rings. The Bertz CT molecular complexity index is 758. The number of nitro groups is 1. The third-order valence-electron chi connectivity index (χ3n) is 2.80. The van der Waals surface area contributed by atoms with Gasteiger partial charge < -0.3 is 10.4 Å². The molecule has 0 heterocycles. The Morgan fingerprint density at radius 2 is 1.77 bits per heavy atom. The number of nitro benzene ring substituents is 1. The Morgan fingerprint density at radius 1 is 1.14 bits per heavy atom. The molecule has 0 unspecified atom stereocenters. The number of carboxylic acid groups (broad SMARTS) is 1. The number of anilines is 1. The SMILES string of the molecule is O=C(Nc1cc([N+](=O)[O-])ccc1C(=O)O)c1ccc(Cl)cc1. The van der Waals surface area contributed by atoms with Crippen LogP contribution in [-0.2, 0) is 0 Å². The molecular weight excluding hydrogens is 312 g/mol. The van der Waals surface area contributed by atoms with Gasteiger partial charge >= 0.3 is 5.97 Å². The van der Waals surface area contributed by atoms with Crippen LogP contribution in [0.5, 0.6) is 0 Å². The first kappa shape index (κ1) is 15.5. The Morgan fingerprint density at radius 3 is 2.32 bits per heavy atom. The maximum absolute atomic E-state index is 12.1. The van der Waals surface area contributed by atoms with Crippen molar-refractivity contribution in [2.45, 2.75) is 0 Å². The number of aromatic carboxylic acids is 1. The summed E-state index contributed by atoms with van der Waals surface area (Å²) in [6.07, 6.45) is 0. The molecule has 2 aromatic rings. The van der Waals surface area contributed by atoms with Crippen LogP contribution < -0.4 is 5.32 Å². The molecule has 0 aliphatic heterocycles. The van der Waals surface area contributed by atoms with Crippen LogP contribution in [0.1, 0.15) is 20.7 Å². The smallest absolute Gasteiger partial charge is 0.337 e. The van der Waals surface area contributed by atoms with E-state index in [1.807, 2.05) is 0 Å². The summed E-state index contributed by atoms with van der Waals surface area (Å²) in [7, 11) is 0. The fraction of sp³-hybridized carbons (Fsp3) is 0. The number of non-ortho nitro benzene ring substituents is 1. The number of nitrogens with one attached hydrogen (secondary N) is 1. The second kappa shape index (κ2) is 6.23. The van der Waals surface area contributed by atoms with Gasteiger partial charge in [0.05, 0.1) is 16.2 Å². The number of carbonyl (C=O) groups is 2. The van der Waals surface area contributed by atoms with Gasteiger partial charge in [-0.3, -0.25) is 14.9 Å². The predicted octanol–water partition coefficient (Wildman–Crippen LogP) is 3.20. The van der Waals surface area contributed by atoms with Gasteiger partial charge in [0.15, 0.2) is 0 Å². The first-order chi connectivity index (χ1) is 10.4. The minimum Gasteiger partial charge on any atom is -0.478 e. The molecule has 0 fully saturated rings. The highest BCUT2D eigenvalue weighted by molar-refractivity contribution is 6.30. The van der Waals surface area contributed by atoms with E-state index in [0.29, 0.717) is 5.02 Å². The monoisotopic (exact) mass is 320 g/mol. The van der Waals surface area contributed by atoms with Crippen LogP contribution in [0, 0.1) is 10.1 Å². The molecule has 112 valence electrons. The highest BCUT2D eigenvalue weighted by Gasteiger charge is 2.17. The quantitative estimate of drug-likeness (QED) is 0.664. The fourth-order valence-electron chi connectivity index (χ4n) is 1.73. The average Bonchev–Trinajstić information content (AvgIpc) is 2.47. The van der Waals surface area contributed by atoms with Crippen LogP contribution in [0.15, 0.2) is 42.5 Å². The fourth-order valence-corrected chi connectivity index (χ4v) is 1.86. The molecule has 7 nitrogen and oxygen atoms in total. The van der Waals surface area contributed by atoms with Crippen LogP contribution in [0.25, 0.3) is 0 Å². The largest absolute Gasteiger partial charge is 0.478 e. The van der Waals surface area contributed by atoms with Crippen molar-refractivity contribution in [2.75, 3.05) is 5.32 Å². The molecule has 1 amide bonds. The van der Waals surface area contributed by atoms with Crippen LogP contribution in [0.4, 0.5) is 11.4 Å². The predicted molar refractivity (Wildman–Crippen MR) is 79.5 cm³/mol. The molecule has 22 heavy (non-hydrogen) atoms. The maximum Gasteiger partial charge on any atom is 0.337 e. The van der Waals surface area contributed by atoms with Gasteiger partial charge in [-0.15, -0.1) is 0 Å². The van der Waals surface area contributed by atoms with E-state index < -0.39 is 16.8 Å². The van der Waals surface area contributed by atoms with E-state index in [1.165, 1.54) is 24.3 Å².